The van der Waals surface area contributed by atoms with E-state index in [2.05, 4.69) is 5.32 Å². The molecule has 2 aromatic carbocycles. The number of carbonyl (C=O) groups is 2. The minimum Gasteiger partial charge on any atom is -0.508 e. The van der Waals surface area contributed by atoms with Crippen LogP contribution in [0.3, 0.4) is 0 Å². The van der Waals surface area contributed by atoms with Crippen LogP contribution in [0.15, 0.2) is 42.5 Å². The van der Waals surface area contributed by atoms with Gasteiger partial charge in [-0.1, -0.05) is 17.7 Å². The maximum absolute atomic E-state index is 11.7. The molecular formula is C16H14ClNO4. The maximum atomic E-state index is 11.7. The quantitative estimate of drug-likeness (QED) is 0.849. The molecule has 0 aromatic heterocycles. The first kappa shape index (κ1) is 15.9. The van der Waals surface area contributed by atoms with Crippen LogP contribution in [0.1, 0.15) is 15.9 Å². The first-order valence-corrected chi connectivity index (χ1v) is 6.85. The van der Waals surface area contributed by atoms with E-state index in [1.165, 1.54) is 24.3 Å². The molecule has 22 heavy (non-hydrogen) atoms. The fourth-order valence-electron chi connectivity index (χ4n) is 1.68. The number of phenols is 1. The van der Waals surface area contributed by atoms with E-state index in [0.29, 0.717) is 10.7 Å². The van der Waals surface area contributed by atoms with Crippen molar-refractivity contribution in [3.8, 4) is 5.75 Å². The van der Waals surface area contributed by atoms with Crippen LogP contribution < -0.4 is 5.32 Å². The molecule has 2 aromatic rings. The third-order valence-electron chi connectivity index (χ3n) is 2.89. The summed E-state index contributed by atoms with van der Waals surface area (Å²) in [5.74, 6) is -1.06. The molecule has 0 spiro atoms. The Kier molecular flexibility index (Phi) is 5.01. The van der Waals surface area contributed by atoms with Crippen molar-refractivity contribution in [2.45, 2.75) is 6.92 Å². The Morgan fingerprint density at radius 3 is 2.50 bits per heavy atom. The van der Waals surface area contributed by atoms with Gasteiger partial charge >= 0.3 is 5.97 Å². The van der Waals surface area contributed by atoms with Crippen molar-refractivity contribution in [1.82, 2.24) is 0 Å². The highest BCUT2D eigenvalue weighted by molar-refractivity contribution is 6.31. The van der Waals surface area contributed by atoms with Crippen molar-refractivity contribution < 1.29 is 19.4 Å². The van der Waals surface area contributed by atoms with Gasteiger partial charge in [0.25, 0.3) is 5.91 Å². The lowest BCUT2D eigenvalue weighted by Gasteiger charge is -2.08. The smallest absolute Gasteiger partial charge is 0.338 e. The van der Waals surface area contributed by atoms with E-state index in [1.54, 1.807) is 18.2 Å². The number of hydrogen-bond donors (Lipinski definition) is 2. The van der Waals surface area contributed by atoms with Gasteiger partial charge in [0, 0.05) is 10.7 Å². The topological polar surface area (TPSA) is 75.6 Å². The Labute approximate surface area is 132 Å². The molecule has 0 saturated heterocycles. The molecule has 0 atom stereocenters. The molecule has 0 radical (unpaired) electrons. The van der Waals surface area contributed by atoms with Gasteiger partial charge in [-0.2, -0.15) is 0 Å². The lowest BCUT2D eigenvalue weighted by molar-refractivity contribution is -0.119. The van der Waals surface area contributed by atoms with Gasteiger partial charge < -0.3 is 15.2 Å². The molecule has 0 aliphatic carbocycles. The molecule has 0 heterocycles. The fourth-order valence-corrected chi connectivity index (χ4v) is 1.86. The number of rotatable bonds is 4. The molecule has 0 aliphatic rings. The summed E-state index contributed by atoms with van der Waals surface area (Å²) in [4.78, 5) is 23.4. The van der Waals surface area contributed by atoms with Crippen LogP contribution in [-0.2, 0) is 9.53 Å². The number of halogens is 1. The molecular weight excluding hydrogens is 306 g/mol. The number of benzene rings is 2. The van der Waals surface area contributed by atoms with Crippen LogP contribution in [0.2, 0.25) is 5.02 Å². The van der Waals surface area contributed by atoms with E-state index in [-0.39, 0.29) is 11.3 Å². The van der Waals surface area contributed by atoms with Crippen molar-refractivity contribution >= 4 is 29.2 Å². The van der Waals surface area contributed by atoms with Gasteiger partial charge in [-0.05, 0) is 48.9 Å². The lowest BCUT2D eigenvalue weighted by Crippen LogP contribution is -2.20. The molecule has 2 rings (SSSR count). The fraction of sp³-hybridized carbons (Fsp3) is 0.125. The Bertz CT molecular complexity index is 698. The van der Waals surface area contributed by atoms with Crippen LogP contribution in [0.25, 0.3) is 0 Å². The third-order valence-corrected chi connectivity index (χ3v) is 3.30. The molecule has 2 N–H and O–H groups in total. The summed E-state index contributed by atoms with van der Waals surface area (Å²) in [6.07, 6.45) is 0. The predicted octanol–water partition coefficient (Wildman–Crippen LogP) is 3.15. The average molecular weight is 320 g/mol. The van der Waals surface area contributed by atoms with Crippen LogP contribution in [-0.4, -0.2) is 23.6 Å². The summed E-state index contributed by atoms with van der Waals surface area (Å²) in [6.45, 7) is 1.44. The molecule has 0 fully saturated rings. The zero-order chi connectivity index (χ0) is 16.1. The van der Waals surface area contributed by atoms with Crippen molar-refractivity contribution in [3.05, 3.63) is 58.6 Å². The Balaban J connectivity index is 1.88. The Morgan fingerprint density at radius 1 is 1.18 bits per heavy atom. The van der Waals surface area contributed by atoms with Gasteiger partial charge in [-0.3, -0.25) is 4.79 Å². The number of carbonyl (C=O) groups excluding carboxylic acids is 2. The first-order valence-electron chi connectivity index (χ1n) is 6.48. The molecule has 0 bridgehead atoms. The number of hydrogen-bond acceptors (Lipinski definition) is 4. The number of nitrogens with one attached hydrogen (secondary N) is 1. The Hall–Kier alpha value is -2.53. The van der Waals surface area contributed by atoms with E-state index in [1.807, 2.05) is 6.92 Å². The highest BCUT2D eigenvalue weighted by Crippen LogP contribution is 2.19. The van der Waals surface area contributed by atoms with Gasteiger partial charge in [0.1, 0.15) is 5.75 Å². The summed E-state index contributed by atoms with van der Waals surface area (Å²) >= 11 is 5.96. The lowest BCUT2D eigenvalue weighted by atomic mass is 10.2. The van der Waals surface area contributed by atoms with Crippen molar-refractivity contribution in [2.24, 2.45) is 0 Å². The average Bonchev–Trinajstić information content (AvgIpc) is 2.49. The number of esters is 1. The largest absolute Gasteiger partial charge is 0.508 e. The van der Waals surface area contributed by atoms with E-state index in [4.69, 9.17) is 21.4 Å². The van der Waals surface area contributed by atoms with Crippen molar-refractivity contribution in [3.63, 3.8) is 0 Å². The maximum Gasteiger partial charge on any atom is 0.338 e. The standard InChI is InChI=1S/C16H14ClNO4/c1-10-2-5-12(8-14(10)17)18-15(20)9-22-16(21)11-3-6-13(19)7-4-11/h2-8,19H,9H2,1H3,(H,18,20). The molecule has 0 aliphatic heterocycles. The summed E-state index contributed by atoms with van der Waals surface area (Å²) < 4.78 is 4.89. The van der Waals surface area contributed by atoms with Crippen molar-refractivity contribution in [2.75, 3.05) is 11.9 Å². The van der Waals surface area contributed by atoms with Gasteiger partial charge in [0.15, 0.2) is 6.61 Å². The molecule has 0 unspecified atom stereocenters. The molecule has 5 nitrogen and oxygen atoms in total. The number of aromatic hydroxyl groups is 1. The van der Waals surface area contributed by atoms with E-state index in [0.717, 1.165) is 5.56 Å². The molecule has 6 heteroatoms. The normalized spacial score (nSPS) is 10.1. The minimum absolute atomic E-state index is 0.0468. The van der Waals surface area contributed by atoms with E-state index in [9.17, 15) is 9.59 Å². The SMILES string of the molecule is Cc1ccc(NC(=O)COC(=O)c2ccc(O)cc2)cc1Cl. The monoisotopic (exact) mass is 319 g/mol. The Morgan fingerprint density at radius 2 is 1.86 bits per heavy atom. The molecule has 1 amide bonds. The van der Waals surface area contributed by atoms with E-state index >= 15 is 0 Å². The third kappa shape index (κ3) is 4.23. The van der Waals surface area contributed by atoms with Crippen molar-refractivity contribution in [1.29, 1.82) is 0 Å². The highest BCUT2D eigenvalue weighted by atomic mass is 35.5. The number of amides is 1. The van der Waals surface area contributed by atoms with E-state index < -0.39 is 18.5 Å². The zero-order valence-corrected chi connectivity index (χ0v) is 12.6. The minimum atomic E-state index is -0.642. The first-order chi connectivity index (χ1) is 10.5. The number of aryl methyl sites for hydroxylation is 1. The summed E-state index contributed by atoms with van der Waals surface area (Å²) in [5, 5.41) is 12.3. The molecule has 114 valence electrons. The van der Waals surface area contributed by atoms with Gasteiger partial charge in [0.05, 0.1) is 5.56 Å². The van der Waals surface area contributed by atoms with Gasteiger partial charge in [-0.25, -0.2) is 4.79 Å². The van der Waals surface area contributed by atoms with Gasteiger partial charge in [-0.15, -0.1) is 0 Å². The predicted molar refractivity (Wildman–Crippen MR) is 83.2 cm³/mol. The van der Waals surface area contributed by atoms with Crippen LogP contribution >= 0.6 is 11.6 Å². The summed E-state index contributed by atoms with van der Waals surface area (Å²) in [6, 6.07) is 10.7. The highest BCUT2D eigenvalue weighted by Gasteiger charge is 2.10. The summed E-state index contributed by atoms with van der Waals surface area (Å²) in [5.41, 5.74) is 1.68. The molecule has 0 saturated carbocycles. The van der Waals surface area contributed by atoms with Crippen LogP contribution in [0.4, 0.5) is 5.69 Å². The number of anilines is 1. The second-order valence-electron chi connectivity index (χ2n) is 4.64. The van der Waals surface area contributed by atoms with Crippen LogP contribution in [0, 0.1) is 6.92 Å². The summed E-state index contributed by atoms with van der Waals surface area (Å²) in [7, 11) is 0. The number of ether oxygens (including phenoxy) is 1. The zero-order valence-electron chi connectivity index (χ0n) is 11.8. The second-order valence-corrected chi connectivity index (χ2v) is 5.04. The van der Waals surface area contributed by atoms with Gasteiger partial charge in [0.2, 0.25) is 0 Å². The second kappa shape index (κ2) is 6.95. The van der Waals surface area contributed by atoms with Crippen LogP contribution in [0.5, 0.6) is 5.75 Å². The number of phenolic OH excluding ortho intramolecular Hbond substituents is 1.